The Morgan fingerprint density at radius 3 is 3.19 bits per heavy atom. The fourth-order valence-corrected chi connectivity index (χ4v) is 3.15. The number of carbonyl (C=O) groups is 2. The number of nitrogens with one attached hydrogen (secondary N) is 3. The summed E-state index contributed by atoms with van der Waals surface area (Å²) in [6.07, 6.45) is 7.77. The highest BCUT2D eigenvalue weighted by Gasteiger charge is 2.55. The summed E-state index contributed by atoms with van der Waals surface area (Å²) in [6, 6.07) is 0. The molecule has 0 spiro atoms. The average Bonchev–Trinajstić information content (AvgIpc) is 2.78. The molecule has 1 saturated heterocycles. The number of unbranched alkanes of at least 4 members (excludes halogenated alkanes) is 1. The SMILES string of the molecule is O=CNCC(=O)NCC[C@@]12N/C(=C\CCCO)C1=NC1=C2OCOC=C1. The number of aliphatic hydroxyl groups is 1. The Morgan fingerprint density at radius 1 is 1.50 bits per heavy atom. The van der Waals surface area contributed by atoms with Gasteiger partial charge in [-0.2, -0.15) is 0 Å². The van der Waals surface area contributed by atoms with Gasteiger partial charge in [0.2, 0.25) is 19.1 Å². The molecule has 2 amide bonds. The average molecular weight is 362 g/mol. The summed E-state index contributed by atoms with van der Waals surface area (Å²) < 4.78 is 10.9. The molecule has 0 bridgehead atoms. The van der Waals surface area contributed by atoms with Gasteiger partial charge in [-0.25, -0.2) is 4.99 Å². The summed E-state index contributed by atoms with van der Waals surface area (Å²) in [4.78, 5) is 26.6. The quantitative estimate of drug-likeness (QED) is 0.322. The molecule has 0 unspecified atom stereocenters. The number of amides is 2. The van der Waals surface area contributed by atoms with Crippen LogP contribution in [-0.2, 0) is 19.1 Å². The number of allylic oxidation sites excluding steroid dienone is 2. The molecule has 3 heterocycles. The van der Waals surface area contributed by atoms with Crippen molar-refractivity contribution in [3.05, 3.63) is 35.6 Å². The smallest absolute Gasteiger partial charge is 0.239 e. The highest BCUT2D eigenvalue weighted by Crippen LogP contribution is 2.43. The molecule has 1 atom stereocenters. The monoisotopic (exact) mass is 362 g/mol. The molecule has 0 radical (unpaired) electrons. The lowest BCUT2D eigenvalue weighted by Gasteiger charge is -2.45. The maximum absolute atomic E-state index is 11.7. The first kappa shape index (κ1) is 18.0. The molecule has 0 saturated carbocycles. The summed E-state index contributed by atoms with van der Waals surface area (Å²) in [7, 11) is 0. The summed E-state index contributed by atoms with van der Waals surface area (Å²) in [6.45, 7) is 0.569. The molecule has 0 aromatic heterocycles. The molecule has 4 N–H and O–H groups in total. The van der Waals surface area contributed by atoms with Gasteiger partial charge < -0.3 is 30.5 Å². The fourth-order valence-electron chi connectivity index (χ4n) is 3.15. The van der Waals surface area contributed by atoms with Crippen molar-refractivity contribution >= 4 is 18.0 Å². The molecule has 3 aliphatic rings. The number of rotatable bonds is 9. The van der Waals surface area contributed by atoms with Crippen molar-refractivity contribution in [3.8, 4) is 0 Å². The standard InChI is InChI=1S/C17H22N4O5/c22-7-2-1-3-12-15-17(21-12,5-6-19-14(24)9-18-10-23)16-13(20-15)4-8-25-11-26-16/h3-4,8,10,21-22H,1-2,5-7,9,11H2,(H,18,23)(H,19,24)/b12-3-/t17-/m1/s1. The molecule has 1 fully saturated rings. The van der Waals surface area contributed by atoms with E-state index in [1.807, 2.05) is 6.08 Å². The zero-order valence-electron chi connectivity index (χ0n) is 14.3. The van der Waals surface area contributed by atoms with Crippen molar-refractivity contribution in [3.63, 3.8) is 0 Å². The molecular weight excluding hydrogens is 340 g/mol. The topological polar surface area (TPSA) is 121 Å². The first-order valence-corrected chi connectivity index (χ1v) is 8.49. The van der Waals surface area contributed by atoms with E-state index >= 15 is 0 Å². The molecule has 26 heavy (non-hydrogen) atoms. The van der Waals surface area contributed by atoms with Crippen LogP contribution in [0.5, 0.6) is 0 Å². The third kappa shape index (κ3) is 3.43. The number of nitrogens with zero attached hydrogens (tertiary/aromatic N) is 1. The van der Waals surface area contributed by atoms with Crippen LogP contribution in [0.25, 0.3) is 0 Å². The van der Waals surface area contributed by atoms with Crippen LogP contribution >= 0.6 is 0 Å². The molecule has 9 nitrogen and oxygen atoms in total. The minimum absolute atomic E-state index is 0.0573. The normalized spacial score (nSPS) is 24.2. The van der Waals surface area contributed by atoms with E-state index in [1.54, 1.807) is 12.3 Å². The van der Waals surface area contributed by atoms with Gasteiger partial charge >= 0.3 is 0 Å². The first-order chi connectivity index (χ1) is 12.7. The van der Waals surface area contributed by atoms with E-state index in [2.05, 4.69) is 20.9 Å². The molecule has 0 aromatic carbocycles. The Kier molecular flexibility index (Phi) is 5.57. The van der Waals surface area contributed by atoms with Crippen molar-refractivity contribution in [2.45, 2.75) is 24.8 Å². The number of hydrogen-bond acceptors (Lipinski definition) is 7. The Bertz CT molecular complexity index is 697. The van der Waals surface area contributed by atoms with Gasteiger partial charge in [0.05, 0.1) is 24.2 Å². The predicted molar refractivity (Wildman–Crippen MR) is 92.6 cm³/mol. The van der Waals surface area contributed by atoms with E-state index in [1.165, 1.54) is 0 Å². The molecule has 3 aliphatic heterocycles. The van der Waals surface area contributed by atoms with E-state index in [4.69, 9.17) is 14.6 Å². The highest BCUT2D eigenvalue weighted by molar-refractivity contribution is 6.17. The van der Waals surface area contributed by atoms with E-state index in [9.17, 15) is 9.59 Å². The van der Waals surface area contributed by atoms with Crippen LogP contribution in [0.15, 0.2) is 40.6 Å². The minimum Gasteiger partial charge on any atom is -0.465 e. The van der Waals surface area contributed by atoms with E-state index < -0.39 is 5.54 Å². The second kappa shape index (κ2) is 8.05. The maximum Gasteiger partial charge on any atom is 0.239 e. The van der Waals surface area contributed by atoms with Gasteiger partial charge in [0.1, 0.15) is 11.2 Å². The Morgan fingerprint density at radius 2 is 2.38 bits per heavy atom. The van der Waals surface area contributed by atoms with Gasteiger partial charge in [-0.05, 0) is 12.8 Å². The molecule has 0 aromatic rings. The lowest BCUT2D eigenvalue weighted by Crippen LogP contribution is -2.65. The zero-order valence-corrected chi connectivity index (χ0v) is 14.3. The molecule has 9 heteroatoms. The first-order valence-electron chi connectivity index (χ1n) is 8.49. The zero-order chi connectivity index (χ0) is 18.4. The summed E-state index contributed by atoms with van der Waals surface area (Å²) in [5.41, 5.74) is 1.89. The number of aliphatic imine (C=N–C) groups is 1. The van der Waals surface area contributed by atoms with Gasteiger partial charge in [0, 0.05) is 25.6 Å². The van der Waals surface area contributed by atoms with Crippen molar-refractivity contribution in [2.24, 2.45) is 4.99 Å². The highest BCUT2D eigenvalue weighted by atomic mass is 16.7. The Labute approximate surface area is 150 Å². The minimum atomic E-state index is -0.593. The summed E-state index contributed by atoms with van der Waals surface area (Å²) in [5.74, 6) is 0.420. The van der Waals surface area contributed by atoms with Crippen LogP contribution in [0.2, 0.25) is 0 Å². The van der Waals surface area contributed by atoms with E-state index in [-0.39, 0.29) is 25.9 Å². The lowest BCUT2D eigenvalue weighted by atomic mass is 9.78. The van der Waals surface area contributed by atoms with Crippen molar-refractivity contribution < 1.29 is 24.2 Å². The molecular formula is C17H22N4O5. The number of aliphatic hydroxyl groups excluding tert-OH is 1. The van der Waals surface area contributed by atoms with Crippen molar-refractivity contribution in [1.29, 1.82) is 0 Å². The molecule has 0 aliphatic carbocycles. The van der Waals surface area contributed by atoms with Crippen LogP contribution < -0.4 is 16.0 Å². The van der Waals surface area contributed by atoms with Gasteiger partial charge in [-0.3, -0.25) is 9.59 Å². The maximum atomic E-state index is 11.7. The van der Waals surface area contributed by atoms with Gasteiger partial charge in [-0.15, -0.1) is 0 Å². The number of hydrogen-bond donors (Lipinski definition) is 4. The fraction of sp³-hybridized carbons (Fsp3) is 0.471. The molecule has 140 valence electrons. The van der Waals surface area contributed by atoms with Crippen LogP contribution in [0.4, 0.5) is 0 Å². The van der Waals surface area contributed by atoms with E-state index in [0.717, 1.165) is 17.8 Å². The third-order valence-corrected chi connectivity index (χ3v) is 4.33. The van der Waals surface area contributed by atoms with Crippen LogP contribution in [0, 0.1) is 0 Å². The number of fused-ring (bicyclic) bond motifs is 2. The van der Waals surface area contributed by atoms with Crippen molar-refractivity contribution in [2.75, 3.05) is 26.5 Å². The van der Waals surface area contributed by atoms with Crippen molar-refractivity contribution in [1.82, 2.24) is 16.0 Å². The Balaban J connectivity index is 1.70. The second-order valence-corrected chi connectivity index (χ2v) is 6.02. The van der Waals surface area contributed by atoms with Crippen LogP contribution in [0.1, 0.15) is 19.3 Å². The Hall–Kier alpha value is -2.81. The predicted octanol–water partition coefficient (Wildman–Crippen LogP) is -0.579. The number of carbonyl (C=O) groups excluding carboxylic acids is 2. The lowest BCUT2D eigenvalue weighted by molar-refractivity contribution is -0.122. The largest absolute Gasteiger partial charge is 0.465 e. The van der Waals surface area contributed by atoms with Crippen LogP contribution in [0.3, 0.4) is 0 Å². The third-order valence-electron chi connectivity index (χ3n) is 4.33. The van der Waals surface area contributed by atoms with Gasteiger partial charge in [0.15, 0.2) is 5.76 Å². The summed E-state index contributed by atoms with van der Waals surface area (Å²) >= 11 is 0. The van der Waals surface area contributed by atoms with Gasteiger partial charge in [-0.1, -0.05) is 6.08 Å². The van der Waals surface area contributed by atoms with Crippen LogP contribution in [-0.4, -0.2) is 55.2 Å². The number of ether oxygens (including phenoxy) is 2. The molecule has 3 rings (SSSR count). The second-order valence-electron chi connectivity index (χ2n) is 6.02. The summed E-state index contributed by atoms with van der Waals surface area (Å²) in [5, 5.41) is 17.4. The van der Waals surface area contributed by atoms with Gasteiger partial charge in [0.25, 0.3) is 0 Å². The van der Waals surface area contributed by atoms with E-state index in [0.29, 0.717) is 37.3 Å².